The van der Waals surface area contributed by atoms with E-state index in [0.29, 0.717) is 11.1 Å². The number of hydrogen-bond donors (Lipinski definition) is 2. The number of rotatable bonds is 3. The quantitative estimate of drug-likeness (QED) is 0.843. The van der Waals surface area contributed by atoms with Gasteiger partial charge in [-0.3, -0.25) is 9.78 Å². The fraction of sp³-hybridized carbons (Fsp3) is 0.176. The Bertz CT molecular complexity index is 671. The number of pyridine rings is 1. The largest absolute Gasteiger partial charge is 0.344 e. The minimum atomic E-state index is -0.172. The van der Waals surface area contributed by atoms with E-state index in [4.69, 9.17) is 5.73 Å². The van der Waals surface area contributed by atoms with E-state index in [2.05, 4.69) is 22.1 Å². The highest BCUT2D eigenvalue weighted by molar-refractivity contribution is 5.96. The van der Waals surface area contributed by atoms with Crippen LogP contribution in [0.15, 0.2) is 48.7 Å². The van der Waals surface area contributed by atoms with Gasteiger partial charge < -0.3 is 11.1 Å². The molecule has 0 radical (unpaired) electrons. The van der Waals surface area contributed by atoms with Gasteiger partial charge in [0.1, 0.15) is 0 Å². The second kappa shape index (κ2) is 7.22. The molecule has 1 amide bonds. The van der Waals surface area contributed by atoms with E-state index in [1.165, 1.54) is 0 Å². The van der Waals surface area contributed by atoms with Crippen LogP contribution in [-0.4, -0.2) is 17.4 Å². The number of carbonyl (C=O) groups is 1. The van der Waals surface area contributed by atoms with Crippen LogP contribution in [0.1, 0.15) is 34.6 Å². The maximum absolute atomic E-state index is 12.4. The first-order valence-corrected chi connectivity index (χ1v) is 6.72. The average Bonchev–Trinajstić information content (AvgIpc) is 2.54. The Morgan fingerprint density at radius 2 is 2.05 bits per heavy atom. The lowest BCUT2D eigenvalue weighted by atomic mass is 10.1. The molecule has 0 aliphatic carbocycles. The second-order valence-electron chi connectivity index (χ2n) is 4.50. The highest BCUT2D eigenvalue weighted by Crippen LogP contribution is 2.12. The number of amides is 1. The van der Waals surface area contributed by atoms with Gasteiger partial charge >= 0.3 is 0 Å². The highest BCUT2D eigenvalue weighted by Gasteiger charge is 2.14. The van der Waals surface area contributed by atoms with Gasteiger partial charge in [0.05, 0.1) is 23.8 Å². The molecule has 0 aliphatic rings. The lowest BCUT2D eigenvalue weighted by Crippen LogP contribution is -2.27. The molecule has 0 spiro atoms. The Balaban J connectivity index is 2.17. The van der Waals surface area contributed by atoms with E-state index < -0.39 is 0 Å². The van der Waals surface area contributed by atoms with Crippen LogP contribution in [0.3, 0.4) is 0 Å². The third kappa shape index (κ3) is 3.91. The molecule has 2 rings (SSSR count). The molecule has 1 aromatic carbocycles. The first kappa shape index (κ1) is 14.8. The molecular weight excluding hydrogens is 262 g/mol. The van der Waals surface area contributed by atoms with E-state index in [1.807, 2.05) is 43.3 Å². The van der Waals surface area contributed by atoms with Crippen LogP contribution in [0.25, 0.3) is 0 Å². The van der Waals surface area contributed by atoms with Crippen molar-refractivity contribution >= 4 is 5.91 Å². The molecule has 4 heteroatoms. The van der Waals surface area contributed by atoms with Crippen LogP contribution in [0, 0.1) is 11.8 Å². The van der Waals surface area contributed by atoms with E-state index in [0.717, 1.165) is 5.69 Å². The van der Waals surface area contributed by atoms with Crippen LogP contribution >= 0.6 is 0 Å². The Hall–Kier alpha value is -2.64. The van der Waals surface area contributed by atoms with Crippen LogP contribution in [0.2, 0.25) is 0 Å². The first-order valence-electron chi connectivity index (χ1n) is 6.72. The van der Waals surface area contributed by atoms with Crippen LogP contribution < -0.4 is 11.1 Å². The number of carbonyl (C=O) groups excluding carboxylic acids is 1. The molecular formula is C17H17N3O. The molecule has 1 atom stereocenters. The van der Waals surface area contributed by atoms with Gasteiger partial charge in [-0.25, -0.2) is 0 Å². The van der Waals surface area contributed by atoms with Gasteiger partial charge in [-0.15, -0.1) is 0 Å². The molecule has 3 N–H and O–H groups in total. The summed E-state index contributed by atoms with van der Waals surface area (Å²) >= 11 is 0. The third-order valence-electron chi connectivity index (χ3n) is 2.98. The monoisotopic (exact) mass is 279 g/mol. The van der Waals surface area contributed by atoms with Crippen molar-refractivity contribution < 1.29 is 4.79 Å². The first-order chi connectivity index (χ1) is 10.2. The standard InChI is InChI=1S/C17H17N3O/c1-13(16-10-4-5-12-19-16)20-17(21)15-9-3-2-7-14(15)8-6-11-18/h2-5,7,9-10,12-13H,11,18H2,1H3,(H,20,21). The zero-order chi connectivity index (χ0) is 15.1. The molecule has 0 saturated carbocycles. The molecule has 21 heavy (non-hydrogen) atoms. The molecule has 1 unspecified atom stereocenters. The molecule has 106 valence electrons. The second-order valence-corrected chi connectivity index (χ2v) is 4.50. The maximum Gasteiger partial charge on any atom is 0.253 e. The average molecular weight is 279 g/mol. The van der Waals surface area contributed by atoms with Crippen LogP contribution in [0.4, 0.5) is 0 Å². The Labute approximate surface area is 124 Å². The van der Waals surface area contributed by atoms with Gasteiger partial charge in [-0.2, -0.15) is 0 Å². The van der Waals surface area contributed by atoms with Crippen LogP contribution in [0.5, 0.6) is 0 Å². The van der Waals surface area contributed by atoms with Crippen LogP contribution in [-0.2, 0) is 0 Å². The van der Waals surface area contributed by atoms with E-state index >= 15 is 0 Å². The summed E-state index contributed by atoms with van der Waals surface area (Å²) in [5.74, 6) is 5.51. The van der Waals surface area contributed by atoms with Gasteiger partial charge in [0.15, 0.2) is 0 Å². The fourth-order valence-corrected chi connectivity index (χ4v) is 1.92. The highest BCUT2D eigenvalue weighted by atomic mass is 16.1. The topological polar surface area (TPSA) is 68.0 Å². The number of nitrogens with two attached hydrogens (primary N) is 1. The third-order valence-corrected chi connectivity index (χ3v) is 2.98. The summed E-state index contributed by atoms with van der Waals surface area (Å²) in [6.07, 6.45) is 1.71. The number of nitrogens with zero attached hydrogens (tertiary/aromatic N) is 1. The summed E-state index contributed by atoms with van der Waals surface area (Å²) in [6.45, 7) is 2.16. The molecule has 1 heterocycles. The maximum atomic E-state index is 12.4. The van der Waals surface area contributed by atoms with Crippen molar-refractivity contribution in [2.24, 2.45) is 5.73 Å². The minimum absolute atomic E-state index is 0.171. The molecule has 4 nitrogen and oxygen atoms in total. The molecule has 0 aliphatic heterocycles. The molecule has 1 aromatic heterocycles. The summed E-state index contributed by atoms with van der Waals surface area (Å²) in [4.78, 5) is 16.6. The molecule has 0 fully saturated rings. The van der Waals surface area contributed by atoms with E-state index in [-0.39, 0.29) is 18.5 Å². The summed E-state index contributed by atoms with van der Waals surface area (Å²) in [6, 6.07) is 12.7. The SMILES string of the molecule is CC(NC(=O)c1ccccc1C#CCN)c1ccccn1. The van der Waals surface area contributed by atoms with Gasteiger partial charge in [-0.1, -0.05) is 30.0 Å². The van der Waals surface area contributed by atoms with E-state index in [1.54, 1.807) is 12.3 Å². The zero-order valence-electron chi connectivity index (χ0n) is 11.8. The number of benzene rings is 1. The van der Waals surface area contributed by atoms with Crippen molar-refractivity contribution in [2.75, 3.05) is 6.54 Å². The molecule has 0 saturated heterocycles. The summed E-state index contributed by atoms with van der Waals surface area (Å²) in [7, 11) is 0. The predicted octanol–water partition coefficient (Wildman–Crippen LogP) is 1.88. The number of aromatic nitrogens is 1. The van der Waals surface area contributed by atoms with Gasteiger partial charge in [-0.05, 0) is 31.2 Å². The van der Waals surface area contributed by atoms with Gasteiger partial charge in [0.25, 0.3) is 5.91 Å². The summed E-state index contributed by atoms with van der Waals surface area (Å²) in [5.41, 5.74) is 7.41. The van der Waals surface area contributed by atoms with Crippen molar-refractivity contribution in [3.05, 3.63) is 65.5 Å². The zero-order valence-corrected chi connectivity index (χ0v) is 11.8. The minimum Gasteiger partial charge on any atom is -0.344 e. The van der Waals surface area contributed by atoms with Crippen molar-refractivity contribution in [1.82, 2.24) is 10.3 Å². The lowest BCUT2D eigenvalue weighted by Gasteiger charge is -2.14. The Morgan fingerprint density at radius 3 is 2.76 bits per heavy atom. The van der Waals surface area contributed by atoms with Gasteiger partial charge in [0.2, 0.25) is 0 Å². The van der Waals surface area contributed by atoms with E-state index in [9.17, 15) is 4.79 Å². The smallest absolute Gasteiger partial charge is 0.253 e. The van der Waals surface area contributed by atoms with Gasteiger partial charge in [0, 0.05) is 11.8 Å². The Morgan fingerprint density at radius 1 is 1.29 bits per heavy atom. The summed E-state index contributed by atoms with van der Waals surface area (Å²) < 4.78 is 0. The lowest BCUT2D eigenvalue weighted by molar-refractivity contribution is 0.0939. The predicted molar refractivity (Wildman–Crippen MR) is 82.5 cm³/mol. The normalized spacial score (nSPS) is 11.1. The number of nitrogens with one attached hydrogen (secondary N) is 1. The van der Waals surface area contributed by atoms with Crippen molar-refractivity contribution in [2.45, 2.75) is 13.0 Å². The summed E-state index contributed by atoms with van der Waals surface area (Å²) in [5, 5.41) is 2.93. The number of hydrogen-bond acceptors (Lipinski definition) is 3. The van der Waals surface area contributed by atoms with Crippen molar-refractivity contribution in [1.29, 1.82) is 0 Å². The van der Waals surface area contributed by atoms with Crippen molar-refractivity contribution in [3.8, 4) is 11.8 Å². The fourth-order valence-electron chi connectivity index (χ4n) is 1.92. The Kier molecular flexibility index (Phi) is 5.08. The molecule has 0 bridgehead atoms. The van der Waals surface area contributed by atoms with Crippen molar-refractivity contribution in [3.63, 3.8) is 0 Å². The molecule has 2 aromatic rings.